The molecule has 3 rings (SSSR count). The predicted octanol–water partition coefficient (Wildman–Crippen LogP) is 4.55. The van der Waals surface area contributed by atoms with E-state index in [0.717, 1.165) is 6.54 Å². The van der Waals surface area contributed by atoms with Crippen molar-refractivity contribution in [3.8, 4) is 0 Å². The van der Waals surface area contributed by atoms with Gasteiger partial charge in [-0.2, -0.15) is 0 Å². The second-order valence-corrected chi connectivity index (χ2v) is 5.38. The number of piperidine rings is 1. The van der Waals surface area contributed by atoms with Crippen molar-refractivity contribution in [2.45, 2.75) is 19.3 Å². The third kappa shape index (κ3) is 3.63. The summed E-state index contributed by atoms with van der Waals surface area (Å²) < 4.78 is 2.31. The van der Waals surface area contributed by atoms with Crippen molar-refractivity contribution < 1.29 is 4.58 Å². The van der Waals surface area contributed by atoms with E-state index >= 15 is 0 Å². The molecule has 0 unspecified atom stereocenters. The van der Waals surface area contributed by atoms with Crippen LogP contribution in [0.1, 0.15) is 30.4 Å². The normalized spacial score (nSPS) is 16.3. The molecule has 2 aromatic rings. The number of rotatable bonds is 3. The van der Waals surface area contributed by atoms with Gasteiger partial charge in [-0.25, -0.2) is 0 Å². The van der Waals surface area contributed by atoms with Gasteiger partial charge in [0.25, 0.3) is 0 Å². The highest BCUT2D eigenvalue weighted by molar-refractivity contribution is 5.90. The van der Waals surface area contributed by atoms with E-state index in [1.807, 2.05) is 0 Å². The van der Waals surface area contributed by atoms with Crippen molar-refractivity contribution in [1.29, 1.82) is 0 Å². The lowest BCUT2D eigenvalue weighted by molar-refractivity contribution is -0.492. The first-order valence-electron chi connectivity index (χ1n) is 7.68. The fourth-order valence-corrected chi connectivity index (χ4v) is 2.69. The molecule has 1 aliphatic rings. The molecule has 0 bridgehead atoms. The summed E-state index contributed by atoms with van der Waals surface area (Å²) >= 11 is 0. The number of nitrogens with zero attached hydrogens (tertiary/aromatic N) is 1. The Hall–Kier alpha value is -2.28. The van der Waals surface area contributed by atoms with Crippen LogP contribution in [0.15, 0.2) is 66.7 Å². The first-order valence-corrected chi connectivity index (χ1v) is 7.68. The fraction of sp³-hybridized carbons (Fsp3) is 0.200. The quantitative estimate of drug-likeness (QED) is 0.571. The van der Waals surface area contributed by atoms with E-state index in [2.05, 4.69) is 84.1 Å². The van der Waals surface area contributed by atoms with Crippen molar-refractivity contribution >= 4 is 11.8 Å². The van der Waals surface area contributed by atoms with Gasteiger partial charge in [0.1, 0.15) is 6.54 Å². The molecule has 106 valence electrons. The molecule has 21 heavy (non-hydrogen) atoms. The van der Waals surface area contributed by atoms with Crippen LogP contribution in [0.4, 0.5) is 0 Å². The lowest BCUT2D eigenvalue weighted by atomic mass is 9.98. The largest absolute Gasteiger partial charge is 0.366 e. The summed E-state index contributed by atoms with van der Waals surface area (Å²) in [5, 5.41) is 0. The Kier molecular flexibility index (Phi) is 4.52. The van der Waals surface area contributed by atoms with Crippen molar-refractivity contribution in [2.24, 2.45) is 0 Å². The van der Waals surface area contributed by atoms with Crippen LogP contribution < -0.4 is 0 Å². The van der Waals surface area contributed by atoms with Crippen LogP contribution in [0.25, 0.3) is 5.57 Å². The third-order valence-corrected chi connectivity index (χ3v) is 3.84. The van der Waals surface area contributed by atoms with E-state index in [-0.39, 0.29) is 0 Å². The summed E-state index contributed by atoms with van der Waals surface area (Å²) in [6.07, 6.45) is 8.25. The molecule has 0 radical (unpaired) electrons. The van der Waals surface area contributed by atoms with Crippen LogP contribution in [0.5, 0.6) is 0 Å². The molecular formula is C20H21N. The van der Waals surface area contributed by atoms with E-state index in [0.29, 0.717) is 0 Å². The van der Waals surface area contributed by atoms with Crippen LogP contribution in [0.2, 0.25) is 0 Å². The molecule has 1 nitrogen and oxygen atoms in total. The maximum atomic E-state index is 2.31. The van der Waals surface area contributed by atoms with Gasteiger partial charge in [0, 0.05) is 19.2 Å². The van der Waals surface area contributed by atoms with Gasteiger partial charge in [-0.15, -0.1) is 0 Å². The van der Waals surface area contributed by atoms with Crippen LogP contribution in [-0.2, 0) is 0 Å². The van der Waals surface area contributed by atoms with Gasteiger partial charge < -0.3 is 4.58 Å². The van der Waals surface area contributed by atoms with Gasteiger partial charge in [0.05, 0.1) is 0 Å². The number of hydrogen-bond donors (Lipinski definition) is 0. The smallest absolute Gasteiger partial charge is 0.115 e. The maximum Gasteiger partial charge on any atom is 0.115 e. The molecule has 1 heteroatoms. The molecule has 1 fully saturated rings. The molecule has 1 aliphatic heterocycles. The van der Waals surface area contributed by atoms with Crippen LogP contribution in [0.3, 0.4) is 0 Å². The lowest BCUT2D eigenvalue weighted by Gasteiger charge is -2.16. The Bertz CT molecular complexity index is 574. The zero-order valence-electron chi connectivity index (χ0n) is 12.3. The van der Waals surface area contributed by atoms with E-state index in [9.17, 15) is 0 Å². The minimum atomic E-state index is 1.13. The number of benzene rings is 2. The van der Waals surface area contributed by atoms with Crippen molar-refractivity contribution in [3.05, 3.63) is 84.4 Å². The lowest BCUT2D eigenvalue weighted by Crippen LogP contribution is -2.15. The molecule has 2 aromatic carbocycles. The second-order valence-electron chi connectivity index (χ2n) is 5.38. The molecular weight excluding hydrogens is 254 g/mol. The standard InChI is InChI=1S/C20H21N/c1-4-10-18(11-5-1)20(19-12-6-2-7-13-19)14-17-21-15-8-3-9-16-21/h1-2,4-7,10-15,17H,3,8-9,16H2. The first kappa shape index (κ1) is 13.7. The summed E-state index contributed by atoms with van der Waals surface area (Å²) in [5.74, 6) is 0. The second kappa shape index (κ2) is 6.94. The van der Waals surface area contributed by atoms with E-state index in [1.165, 1.54) is 36.0 Å². The molecule has 0 aromatic heterocycles. The number of hydrogen-bond acceptors (Lipinski definition) is 0. The highest BCUT2D eigenvalue weighted by Crippen LogP contribution is 2.22. The first-order chi connectivity index (χ1) is 10.4. The summed E-state index contributed by atoms with van der Waals surface area (Å²) in [7, 11) is 0. The maximum absolute atomic E-state index is 2.31. The monoisotopic (exact) mass is 275 g/mol. The summed E-state index contributed by atoms with van der Waals surface area (Å²) in [6, 6.07) is 21.2. The van der Waals surface area contributed by atoms with Crippen LogP contribution in [0, 0.1) is 6.54 Å². The van der Waals surface area contributed by atoms with Gasteiger partial charge in [0.2, 0.25) is 0 Å². The Balaban J connectivity index is 1.96. The Morgan fingerprint density at radius 1 is 0.857 bits per heavy atom. The Labute approximate surface area is 127 Å². The van der Waals surface area contributed by atoms with E-state index in [4.69, 9.17) is 0 Å². The zero-order valence-corrected chi connectivity index (χ0v) is 12.3. The molecule has 0 aliphatic carbocycles. The topological polar surface area (TPSA) is 3.01 Å². The molecule has 1 saturated heterocycles. The van der Waals surface area contributed by atoms with Crippen LogP contribution in [-0.4, -0.2) is 17.3 Å². The Morgan fingerprint density at radius 2 is 1.48 bits per heavy atom. The van der Waals surface area contributed by atoms with Gasteiger partial charge >= 0.3 is 0 Å². The number of allylic oxidation sites excluding steroid dienone is 1. The fourth-order valence-electron chi connectivity index (χ4n) is 2.69. The van der Waals surface area contributed by atoms with E-state index in [1.54, 1.807) is 0 Å². The molecule has 0 atom stereocenters. The van der Waals surface area contributed by atoms with Crippen molar-refractivity contribution in [3.63, 3.8) is 0 Å². The van der Waals surface area contributed by atoms with Gasteiger partial charge in [0.15, 0.2) is 0 Å². The highest BCUT2D eigenvalue weighted by Gasteiger charge is 2.05. The van der Waals surface area contributed by atoms with Gasteiger partial charge in [-0.1, -0.05) is 73.2 Å². The molecule has 0 amide bonds. The minimum Gasteiger partial charge on any atom is -0.366 e. The molecule has 0 saturated carbocycles. The minimum absolute atomic E-state index is 1.13. The SMILES string of the molecule is C(C=[N+]1[CH-]CCCC1)=C(c1ccccc1)c1ccccc1. The summed E-state index contributed by atoms with van der Waals surface area (Å²) in [5.41, 5.74) is 3.80. The zero-order chi connectivity index (χ0) is 14.3. The van der Waals surface area contributed by atoms with Gasteiger partial charge in [-0.3, -0.25) is 0 Å². The predicted molar refractivity (Wildman–Crippen MR) is 89.3 cm³/mol. The average molecular weight is 275 g/mol. The third-order valence-electron chi connectivity index (χ3n) is 3.84. The molecule has 0 N–H and O–H groups in total. The Morgan fingerprint density at radius 3 is 2.00 bits per heavy atom. The van der Waals surface area contributed by atoms with Crippen molar-refractivity contribution in [1.82, 2.24) is 0 Å². The summed E-state index contributed by atoms with van der Waals surface area (Å²) in [6.45, 7) is 3.43. The molecule has 0 spiro atoms. The van der Waals surface area contributed by atoms with Gasteiger partial charge in [-0.05, 0) is 23.1 Å². The highest BCUT2D eigenvalue weighted by atomic mass is 15.0. The average Bonchev–Trinajstić information content (AvgIpc) is 2.58. The van der Waals surface area contributed by atoms with Crippen molar-refractivity contribution in [2.75, 3.05) is 6.54 Å². The molecule has 1 heterocycles. The summed E-state index contributed by atoms with van der Waals surface area (Å²) in [4.78, 5) is 0. The van der Waals surface area contributed by atoms with E-state index < -0.39 is 0 Å². The van der Waals surface area contributed by atoms with Crippen LogP contribution >= 0.6 is 0 Å².